The summed E-state index contributed by atoms with van der Waals surface area (Å²) in [7, 11) is 0. The van der Waals surface area contributed by atoms with Crippen molar-refractivity contribution < 1.29 is 22.7 Å². The molecule has 0 atom stereocenters. The lowest BCUT2D eigenvalue weighted by Gasteiger charge is -2.01. The zero-order valence-electron chi connectivity index (χ0n) is 9.75. The van der Waals surface area contributed by atoms with Gasteiger partial charge in [0, 0.05) is 12.4 Å². The van der Waals surface area contributed by atoms with E-state index >= 15 is 0 Å². The smallest absolute Gasteiger partial charge is 0.417 e. The van der Waals surface area contributed by atoms with E-state index in [0.717, 1.165) is 16.9 Å². The molecule has 8 heteroatoms. The second kappa shape index (κ2) is 4.45. The van der Waals surface area contributed by atoms with Crippen LogP contribution < -0.4 is 5.43 Å². The van der Waals surface area contributed by atoms with Crippen molar-refractivity contribution in [3.05, 3.63) is 39.8 Å². The monoisotopic (exact) mass is 274 g/mol. The van der Waals surface area contributed by atoms with Gasteiger partial charge in [-0.3, -0.25) is 9.31 Å². The predicted octanol–water partition coefficient (Wildman–Crippen LogP) is 1.82. The first kappa shape index (κ1) is 13.2. The molecule has 0 saturated carbocycles. The third-order valence-corrected chi connectivity index (χ3v) is 2.47. The van der Waals surface area contributed by atoms with E-state index in [4.69, 9.17) is 0 Å². The topological polar surface area (TPSA) is 63.6 Å². The maximum absolute atomic E-state index is 12.5. The van der Waals surface area contributed by atoms with Crippen LogP contribution in [0.5, 0.6) is 0 Å². The molecule has 0 aromatic carbocycles. The van der Waals surface area contributed by atoms with Gasteiger partial charge in [0.1, 0.15) is 11.1 Å². The molecule has 19 heavy (non-hydrogen) atoms. The fourth-order valence-electron chi connectivity index (χ4n) is 1.60. The molecule has 0 fully saturated rings. The number of halogens is 3. The van der Waals surface area contributed by atoms with Gasteiger partial charge in [-0.15, -0.1) is 0 Å². The molecule has 2 aromatic rings. The van der Waals surface area contributed by atoms with E-state index in [1.54, 1.807) is 6.92 Å². The number of nitrogens with one attached hydrogen (secondary N) is 1. The number of fused-ring (bicyclic) bond motifs is 1. The van der Waals surface area contributed by atoms with E-state index in [0.29, 0.717) is 6.07 Å². The Bertz CT molecular complexity index is 685. The third kappa shape index (κ3) is 2.33. The van der Waals surface area contributed by atoms with Gasteiger partial charge in [-0.25, -0.2) is 4.79 Å². The Balaban J connectivity index is 2.59. The van der Waals surface area contributed by atoms with Crippen LogP contribution in [0.25, 0.3) is 5.52 Å². The number of H-pyrrole nitrogens is 1. The van der Waals surface area contributed by atoms with Crippen LogP contribution in [0, 0.1) is 0 Å². The Morgan fingerprint density at radius 2 is 2.16 bits per heavy atom. The largest absolute Gasteiger partial charge is 0.462 e. The number of alkyl halides is 3. The molecule has 0 aliphatic carbocycles. The molecule has 0 aliphatic rings. The highest BCUT2D eigenvalue weighted by atomic mass is 19.4. The molecule has 1 N–H and O–H groups in total. The van der Waals surface area contributed by atoms with E-state index in [1.165, 1.54) is 0 Å². The van der Waals surface area contributed by atoms with E-state index in [1.807, 2.05) is 0 Å². The minimum atomic E-state index is -4.56. The molecule has 2 rings (SSSR count). The lowest BCUT2D eigenvalue weighted by atomic mass is 10.2. The Morgan fingerprint density at radius 1 is 1.47 bits per heavy atom. The molecule has 0 spiro atoms. The van der Waals surface area contributed by atoms with Crippen LogP contribution in [0.15, 0.2) is 23.3 Å². The number of aromatic nitrogens is 2. The summed E-state index contributed by atoms with van der Waals surface area (Å²) in [6, 6.07) is 0.682. The standard InChI is InChI=1S/C11H9F3N2O3/c1-2-19-10(18)7-4-15-16-5-6(11(12,13)14)3-8(16)9(7)17/h3-5,15H,2H2,1H3. The lowest BCUT2D eigenvalue weighted by molar-refractivity contribution is -0.137. The minimum Gasteiger partial charge on any atom is -0.462 e. The Hall–Kier alpha value is -2.25. The SMILES string of the molecule is CCOC(=O)c1c[nH]n2cc(C(F)(F)F)cc2c1=O. The number of aromatic amines is 1. The summed E-state index contributed by atoms with van der Waals surface area (Å²) >= 11 is 0. The zero-order chi connectivity index (χ0) is 14.2. The molecule has 0 amide bonds. The minimum absolute atomic E-state index is 0.0677. The average Bonchev–Trinajstić information content (AvgIpc) is 2.74. The quantitative estimate of drug-likeness (QED) is 0.850. The molecule has 5 nitrogen and oxygen atoms in total. The number of hydrogen-bond donors (Lipinski definition) is 1. The summed E-state index contributed by atoms with van der Waals surface area (Å²) < 4.78 is 43.1. The van der Waals surface area contributed by atoms with E-state index in [-0.39, 0.29) is 17.7 Å². The first-order valence-electron chi connectivity index (χ1n) is 5.32. The molecule has 0 aliphatic heterocycles. The highest BCUT2D eigenvalue weighted by Crippen LogP contribution is 2.29. The molecular formula is C11H9F3N2O3. The maximum atomic E-state index is 12.5. The van der Waals surface area contributed by atoms with Crippen LogP contribution in [-0.2, 0) is 10.9 Å². The lowest BCUT2D eigenvalue weighted by Crippen LogP contribution is -2.19. The molecular weight excluding hydrogens is 265 g/mol. The van der Waals surface area contributed by atoms with Crippen molar-refractivity contribution in [2.45, 2.75) is 13.1 Å². The molecule has 0 radical (unpaired) electrons. The fourth-order valence-corrected chi connectivity index (χ4v) is 1.60. The highest BCUT2D eigenvalue weighted by molar-refractivity contribution is 5.90. The van der Waals surface area contributed by atoms with Crippen LogP contribution in [-0.4, -0.2) is 22.2 Å². The van der Waals surface area contributed by atoms with Gasteiger partial charge in [-0.05, 0) is 13.0 Å². The normalized spacial score (nSPS) is 11.8. The number of hydrogen-bond acceptors (Lipinski definition) is 3. The van der Waals surface area contributed by atoms with Gasteiger partial charge >= 0.3 is 12.1 Å². The summed E-state index contributed by atoms with van der Waals surface area (Å²) in [6.45, 7) is 1.63. The van der Waals surface area contributed by atoms with Gasteiger partial charge in [-0.1, -0.05) is 0 Å². The van der Waals surface area contributed by atoms with Crippen LogP contribution in [0.2, 0.25) is 0 Å². The van der Waals surface area contributed by atoms with Crippen molar-refractivity contribution >= 4 is 11.5 Å². The highest BCUT2D eigenvalue weighted by Gasteiger charge is 2.32. The number of nitrogens with zero attached hydrogens (tertiary/aromatic N) is 1. The predicted molar refractivity (Wildman–Crippen MR) is 59.0 cm³/mol. The summed E-state index contributed by atoms with van der Waals surface area (Å²) in [5, 5.41) is 2.41. The Kier molecular flexibility index (Phi) is 3.09. The van der Waals surface area contributed by atoms with Gasteiger partial charge < -0.3 is 9.84 Å². The van der Waals surface area contributed by atoms with E-state index < -0.39 is 23.1 Å². The summed E-state index contributed by atoms with van der Waals surface area (Å²) in [4.78, 5) is 23.3. The third-order valence-electron chi connectivity index (χ3n) is 2.47. The average molecular weight is 274 g/mol. The molecule has 0 saturated heterocycles. The van der Waals surface area contributed by atoms with Crippen LogP contribution in [0.3, 0.4) is 0 Å². The summed E-state index contributed by atoms with van der Waals surface area (Å²) in [5.74, 6) is -0.874. The fraction of sp³-hybridized carbons (Fsp3) is 0.273. The van der Waals surface area contributed by atoms with Crippen molar-refractivity contribution in [1.29, 1.82) is 0 Å². The summed E-state index contributed by atoms with van der Waals surface area (Å²) in [6.07, 6.45) is -2.80. The van der Waals surface area contributed by atoms with Crippen LogP contribution in [0.4, 0.5) is 13.2 Å². The van der Waals surface area contributed by atoms with Gasteiger partial charge in [-0.2, -0.15) is 13.2 Å². The first-order valence-corrected chi connectivity index (χ1v) is 5.32. The second-order valence-corrected chi connectivity index (χ2v) is 3.72. The van der Waals surface area contributed by atoms with Crippen molar-refractivity contribution in [2.75, 3.05) is 6.61 Å². The van der Waals surface area contributed by atoms with Crippen molar-refractivity contribution in [1.82, 2.24) is 9.61 Å². The molecule has 2 heterocycles. The first-order chi connectivity index (χ1) is 8.84. The molecule has 0 unspecified atom stereocenters. The van der Waals surface area contributed by atoms with E-state index in [2.05, 4.69) is 9.84 Å². The zero-order valence-corrected chi connectivity index (χ0v) is 9.75. The van der Waals surface area contributed by atoms with Crippen LogP contribution in [0.1, 0.15) is 22.8 Å². The van der Waals surface area contributed by atoms with Gasteiger partial charge in [0.15, 0.2) is 0 Å². The van der Waals surface area contributed by atoms with E-state index in [9.17, 15) is 22.8 Å². The van der Waals surface area contributed by atoms with Crippen LogP contribution >= 0.6 is 0 Å². The van der Waals surface area contributed by atoms with Gasteiger partial charge in [0.25, 0.3) is 0 Å². The number of carbonyl (C=O) groups is 1. The molecule has 0 bridgehead atoms. The summed E-state index contributed by atoms with van der Waals surface area (Å²) in [5.41, 5.74) is -2.38. The van der Waals surface area contributed by atoms with Crippen molar-refractivity contribution in [3.63, 3.8) is 0 Å². The number of esters is 1. The molecule has 102 valence electrons. The number of carbonyl (C=O) groups excluding carboxylic acids is 1. The number of rotatable bonds is 2. The number of ether oxygens (including phenoxy) is 1. The van der Waals surface area contributed by atoms with Crippen molar-refractivity contribution in [3.8, 4) is 0 Å². The van der Waals surface area contributed by atoms with Crippen molar-refractivity contribution in [2.24, 2.45) is 0 Å². The Morgan fingerprint density at radius 3 is 2.74 bits per heavy atom. The molecule has 2 aromatic heterocycles. The maximum Gasteiger partial charge on any atom is 0.417 e. The van der Waals surface area contributed by atoms with Gasteiger partial charge in [0.2, 0.25) is 5.43 Å². The van der Waals surface area contributed by atoms with Gasteiger partial charge in [0.05, 0.1) is 12.2 Å². The Labute approximate surface area is 104 Å². The second-order valence-electron chi connectivity index (χ2n) is 3.72.